The lowest BCUT2D eigenvalue weighted by molar-refractivity contribution is 0.100. The minimum atomic E-state index is -0.359. The van der Waals surface area contributed by atoms with Crippen molar-refractivity contribution in [2.24, 2.45) is 5.73 Å². The molecule has 0 fully saturated rings. The van der Waals surface area contributed by atoms with E-state index in [-0.39, 0.29) is 5.91 Å². The highest BCUT2D eigenvalue weighted by molar-refractivity contribution is 7.21. The molecule has 4 heteroatoms. The normalized spacial score (nSPS) is 10.9. The summed E-state index contributed by atoms with van der Waals surface area (Å²) in [5.74, 6) is -0.359. The summed E-state index contributed by atoms with van der Waals surface area (Å²) in [7, 11) is 1.66. The van der Waals surface area contributed by atoms with Gasteiger partial charge in [-0.25, -0.2) is 0 Å². The first-order chi connectivity index (χ1) is 7.65. The number of hydrogen-bond acceptors (Lipinski definition) is 3. The number of hydrogen-bond donors (Lipinski definition) is 1. The maximum atomic E-state index is 11.3. The number of rotatable bonds is 3. The molecule has 3 nitrogen and oxygen atoms in total. The summed E-state index contributed by atoms with van der Waals surface area (Å²) in [5.41, 5.74) is 7.40. The highest BCUT2D eigenvalue weighted by atomic mass is 32.1. The molecule has 2 aromatic rings. The molecule has 0 aliphatic rings. The van der Waals surface area contributed by atoms with Gasteiger partial charge in [0.1, 0.15) is 0 Å². The third kappa shape index (κ3) is 1.70. The monoisotopic (exact) mass is 235 g/mol. The Hall–Kier alpha value is -1.39. The predicted octanol–water partition coefficient (Wildman–Crippen LogP) is 2.46. The van der Waals surface area contributed by atoms with Gasteiger partial charge in [-0.05, 0) is 24.1 Å². The number of carbonyl (C=O) groups is 1. The molecule has 0 aliphatic heterocycles. The quantitative estimate of drug-likeness (QED) is 0.888. The van der Waals surface area contributed by atoms with Crippen molar-refractivity contribution in [3.63, 3.8) is 0 Å². The van der Waals surface area contributed by atoms with Gasteiger partial charge < -0.3 is 10.5 Å². The van der Waals surface area contributed by atoms with E-state index in [0.29, 0.717) is 11.5 Å². The van der Waals surface area contributed by atoms with Gasteiger partial charge in [0.25, 0.3) is 5.91 Å². The van der Waals surface area contributed by atoms with Gasteiger partial charge in [0.15, 0.2) is 0 Å². The molecule has 0 saturated heterocycles. The summed E-state index contributed by atoms with van der Waals surface area (Å²) >= 11 is 1.44. The molecule has 1 aromatic carbocycles. The Kier molecular flexibility index (Phi) is 2.94. The molecule has 1 heterocycles. The van der Waals surface area contributed by atoms with Crippen molar-refractivity contribution < 1.29 is 9.53 Å². The molecule has 0 radical (unpaired) electrons. The number of ether oxygens (including phenoxy) is 1. The van der Waals surface area contributed by atoms with Crippen molar-refractivity contribution in [2.45, 2.75) is 13.5 Å². The zero-order valence-corrected chi connectivity index (χ0v) is 10.1. The lowest BCUT2D eigenvalue weighted by atomic mass is 10.1. The van der Waals surface area contributed by atoms with Crippen LogP contribution in [0.25, 0.3) is 10.1 Å². The van der Waals surface area contributed by atoms with E-state index in [0.717, 1.165) is 21.2 Å². The molecule has 16 heavy (non-hydrogen) atoms. The molecule has 2 N–H and O–H groups in total. The van der Waals surface area contributed by atoms with Crippen LogP contribution in [0.4, 0.5) is 0 Å². The van der Waals surface area contributed by atoms with Crippen LogP contribution in [0.2, 0.25) is 0 Å². The Morgan fingerprint density at radius 3 is 2.88 bits per heavy atom. The van der Waals surface area contributed by atoms with E-state index >= 15 is 0 Å². The topological polar surface area (TPSA) is 52.3 Å². The first-order valence-electron chi connectivity index (χ1n) is 4.95. The number of nitrogens with two attached hydrogens (primary N) is 1. The zero-order chi connectivity index (χ0) is 11.7. The molecule has 0 atom stereocenters. The van der Waals surface area contributed by atoms with E-state index in [1.807, 2.05) is 25.1 Å². The van der Waals surface area contributed by atoms with Gasteiger partial charge in [-0.1, -0.05) is 12.1 Å². The molecule has 0 spiro atoms. The molecular formula is C12H13NO2S. The minimum absolute atomic E-state index is 0.359. The summed E-state index contributed by atoms with van der Waals surface area (Å²) in [6, 6.07) is 5.98. The van der Waals surface area contributed by atoms with E-state index < -0.39 is 0 Å². The van der Waals surface area contributed by atoms with E-state index in [1.54, 1.807) is 7.11 Å². The van der Waals surface area contributed by atoms with Crippen LogP contribution in [0.3, 0.4) is 0 Å². The third-order valence-electron chi connectivity index (χ3n) is 2.56. The summed E-state index contributed by atoms with van der Waals surface area (Å²) in [6.07, 6.45) is 0. The van der Waals surface area contributed by atoms with Crippen molar-refractivity contribution in [1.29, 1.82) is 0 Å². The number of methoxy groups -OCH3 is 1. The van der Waals surface area contributed by atoms with Crippen LogP contribution in [0.15, 0.2) is 18.2 Å². The average Bonchev–Trinajstić information content (AvgIpc) is 2.58. The first kappa shape index (κ1) is 11.1. The maximum Gasteiger partial charge on any atom is 0.259 e. The Balaban J connectivity index is 2.71. The largest absolute Gasteiger partial charge is 0.380 e. The fourth-order valence-electron chi connectivity index (χ4n) is 1.90. The summed E-state index contributed by atoms with van der Waals surface area (Å²) < 4.78 is 6.23. The van der Waals surface area contributed by atoms with Crippen molar-refractivity contribution in [3.05, 3.63) is 34.2 Å². The van der Waals surface area contributed by atoms with Crippen LogP contribution >= 0.6 is 11.3 Å². The summed E-state index contributed by atoms with van der Waals surface area (Å²) in [5, 5.41) is 1.10. The van der Waals surface area contributed by atoms with Crippen LogP contribution in [-0.4, -0.2) is 13.0 Å². The number of carbonyl (C=O) groups excluding carboxylic acids is 1. The van der Waals surface area contributed by atoms with Gasteiger partial charge in [-0.15, -0.1) is 11.3 Å². The summed E-state index contributed by atoms with van der Waals surface area (Å²) in [6.45, 7) is 2.48. The van der Waals surface area contributed by atoms with Crippen LogP contribution in [0, 0.1) is 6.92 Å². The Labute approximate surface area is 97.8 Å². The Morgan fingerprint density at radius 2 is 2.25 bits per heavy atom. The van der Waals surface area contributed by atoms with Gasteiger partial charge in [0.2, 0.25) is 0 Å². The SMILES string of the molecule is COCc1cccc2sc(C(N)=O)c(C)c12. The number of thiophene rings is 1. The van der Waals surface area contributed by atoms with Crippen molar-refractivity contribution in [3.8, 4) is 0 Å². The fourth-order valence-corrected chi connectivity index (χ4v) is 3.01. The highest BCUT2D eigenvalue weighted by Crippen LogP contribution is 2.33. The number of aryl methyl sites for hydroxylation is 1. The molecule has 0 aliphatic carbocycles. The standard InChI is InChI=1S/C12H13NO2S/c1-7-10-8(6-15-2)4-3-5-9(10)16-11(7)12(13)14/h3-5H,6H2,1-2H3,(H2,13,14). The summed E-state index contributed by atoms with van der Waals surface area (Å²) in [4.78, 5) is 11.9. The molecule has 0 bridgehead atoms. The second kappa shape index (κ2) is 4.23. The van der Waals surface area contributed by atoms with Crippen LogP contribution < -0.4 is 5.73 Å². The van der Waals surface area contributed by atoms with E-state index in [4.69, 9.17) is 10.5 Å². The van der Waals surface area contributed by atoms with Gasteiger partial charge in [0, 0.05) is 17.2 Å². The third-order valence-corrected chi connectivity index (χ3v) is 3.84. The number of primary amides is 1. The van der Waals surface area contributed by atoms with Crippen molar-refractivity contribution >= 4 is 27.3 Å². The minimum Gasteiger partial charge on any atom is -0.380 e. The second-order valence-electron chi connectivity index (χ2n) is 3.64. The Morgan fingerprint density at radius 1 is 1.50 bits per heavy atom. The molecule has 2 rings (SSSR count). The molecular weight excluding hydrogens is 222 g/mol. The molecule has 0 saturated carbocycles. The lowest BCUT2D eigenvalue weighted by Crippen LogP contribution is -2.09. The van der Waals surface area contributed by atoms with Gasteiger partial charge in [-0.3, -0.25) is 4.79 Å². The number of amides is 1. The van der Waals surface area contributed by atoms with Gasteiger partial charge in [0.05, 0.1) is 11.5 Å². The molecule has 84 valence electrons. The smallest absolute Gasteiger partial charge is 0.259 e. The predicted molar refractivity (Wildman–Crippen MR) is 65.8 cm³/mol. The zero-order valence-electron chi connectivity index (χ0n) is 9.24. The van der Waals surface area contributed by atoms with Gasteiger partial charge >= 0.3 is 0 Å². The maximum absolute atomic E-state index is 11.3. The van der Waals surface area contributed by atoms with Gasteiger partial charge in [-0.2, -0.15) is 0 Å². The van der Waals surface area contributed by atoms with Crippen LogP contribution in [0.5, 0.6) is 0 Å². The van der Waals surface area contributed by atoms with E-state index in [9.17, 15) is 4.79 Å². The second-order valence-corrected chi connectivity index (χ2v) is 4.70. The molecule has 0 unspecified atom stereocenters. The van der Waals surface area contributed by atoms with Crippen molar-refractivity contribution in [2.75, 3.05) is 7.11 Å². The first-order valence-corrected chi connectivity index (χ1v) is 5.76. The van der Waals surface area contributed by atoms with Crippen LogP contribution in [-0.2, 0) is 11.3 Å². The van der Waals surface area contributed by atoms with E-state index in [2.05, 4.69) is 0 Å². The average molecular weight is 235 g/mol. The number of benzene rings is 1. The lowest BCUT2D eigenvalue weighted by Gasteiger charge is -2.02. The fraction of sp³-hybridized carbons (Fsp3) is 0.250. The Bertz CT molecular complexity index is 545. The highest BCUT2D eigenvalue weighted by Gasteiger charge is 2.14. The van der Waals surface area contributed by atoms with E-state index in [1.165, 1.54) is 11.3 Å². The molecule has 1 amide bonds. The number of fused-ring (bicyclic) bond motifs is 1. The van der Waals surface area contributed by atoms with Crippen molar-refractivity contribution in [1.82, 2.24) is 0 Å². The molecule has 1 aromatic heterocycles. The van der Waals surface area contributed by atoms with Crippen LogP contribution in [0.1, 0.15) is 20.8 Å².